The quantitative estimate of drug-likeness (QED) is 0.0761. The molecule has 2 heterocycles. The van der Waals surface area contributed by atoms with E-state index in [4.69, 9.17) is 0 Å². The monoisotopic (exact) mass is 574 g/mol. The van der Waals surface area contributed by atoms with Crippen LogP contribution in [0.2, 0.25) is 0 Å². The van der Waals surface area contributed by atoms with Crippen molar-refractivity contribution < 1.29 is 15.0 Å². The highest BCUT2D eigenvalue weighted by Gasteiger charge is 2.37. The van der Waals surface area contributed by atoms with Gasteiger partial charge in [0.2, 0.25) is 17.7 Å². The van der Waals surface area contributed by atoms with Gasteiger partial charge in [0.25, 0.3) is 0 Å². The molecule has 41 heavy (non-hydrogen) atoms. The van der Waals surface area contributed by atoms with Gasteiger partial charge in [-0.25, -0.2) is 0 Å². The van der Waals surface area contributed by atoms with Gasteiger partial charge in [-0.1, -0.05) is 96.1 Å². The van der Waals surface area contributed by atoms with Crippen LogP contribution in [0.25, 0.3) is 0 Å². The number of amides is 1. The molecule has 7 nitrogen and oxygen atoms in total. The first-order chi connectivity index (χ1) is 19.5. The first-order valence-corrected chi connectivity index (χ1v) is 16.6. The highest BCUT2D eigenvalue weighted by molar-refractivity contribution is 5.84. The topological polar surface area (TPSA) is 98.5 Å². The van der Waals surface area contributed by atoms with Gasteiger partial charge < -0.3 is 20.8 Å². The third-order valence-electron chi connectivity index (χ3n) is 8.22. The molecule has 0 aromatic carbocycles. The van der Waals surface area contributed by atoms with Gasteiger partial charge in [0.15, 0.2) is 0 Å². The molecule has 0 radical (unpaired) electrons. The number of rotatable bonds is 21. The number of aromatic hydroxyl groups is 2. The van der Waals surface area contributed by atoms with Crippen molar-refractivity contribution in [3.8, 4) is 11.8 Å². The second kappa shape index (κ2) is 18.5. The average molecular weight is 575 g/mol. The van der Waals surface area contributed by atoms with E-state index < -0.39 is 0 Å². The lowest BCUT2D eigenvalue weighted by Gasteiger charge is -2.46. The van der Waals surface area contributed by atoms with E-state index in [1.807, 2.05) is 6.08 Å². The Kier molecular flexibility index (Phi) is 15.9. The van der Waals surface area contributed by atoms with Crippen molar-refractivity contribution in [2.75, 3.05) is 12.0 Å². The number of nitrogens with one attached hydrogen (secondary N) is 3. The number of carbonyl (C=O) groups excluding carboxylic acids is 1. The highest BCUT2D eigenvalue weighted by Crippen LogP contribution is 2.29. The smallest absolute Gasteiger partial charge is 0.240 e. The standard InChI is InChI=1S/C34H62N4O3/c1-6-7-8-9-10-11-12-13-14-15-16-17-18-19-20-21-22-28-25-31(40)38(32(28)41)36-30(39)23-24-35-29-26-33(2,3)37-34(4,5)27-29/h20-21,25,29,35,37,40-41H,6-19,22-24,26-27H2,1-5H3,(H,36,39). The molecule has 1 aliphatic rings. The Morgan fingerprint density at radius 2 is 1.44 bits per heavy atom. The van der Waals surface area contributed by atoms with Crippen LogP contribution >= 0.6 is 0 Å². The predicted octanol–water partition coefficient (Wildman–Crippen LogP) is 7.84. The van der Waals surface area contributed by atoms with Crippen molar-refractivity contribution in [2.45, 2.75) is 167 Å². The molecule has 0 bridgehead atoms. The summed E-state index contributed by atoms with van der Waals surface area (Å²) in [7, 11) is 0. The van der Waals surface area contributed by atoms with Crippen LogP contribution < -0.4 is 16.1 Å². The number of unbranched alkanes of at least 4 members (excludes halogenated alkanes) is 13. The molecule has 1 aromatic heterocycles. The molecular formula is C34H62N4O3. The minimum atomic E-state index is -0.254. The van der Waals surface area contributed by atoms with Crippen molar-refractivity contribution in [3.63, 3.8) is 0 Å². The first kappa shape index (κ1) is 35.2. The molecule has 1 saturated heterocycles. The summed E-state index contributed by atoms with van der Waals surface area (Å²) < 4.78 is 1.08. The second-order valence-electron chi connectivity index (χ2n) is 13.6. The van der Waals surface area contributed by atoms with E-state index in [9.17, 15) is 15.0 Å². The molecule has 1 aromatic rings. The van der Waals surface area contributed by atoms with Crippen LogP contribution in [0.1, 0.15) is 149 Å². The van der Waals surface area contributed by atoms with Crippen LogP contribution in [0.4, 0.5) is 0 Å². The van der Waals surface area contributed by atoms with Gasteiger partial charge in [0.05, 0.1) is 0 Å². The van der Waals surface area contributed by atoms with Crippen LogP contribution in [0, 0.1) is 0 Å². The normalized spacial score (nSPS) is 16.9. The lowest BCUT2D eigenvalue weighted by molar-refractivity contribution is -0.117. The summed E-state index contributed by atoms with van der Waals surface area (Å²) in [5.41, 5.74) is 3.31. The molecule has 1 amide bonds. The van der Waals surface area contributed by atoms with Crippen molar-refractivity contribution in [3.05, 3.63) is 23.8 Å². The zero-order valence-corrected chi connectivity index (χ0v) is 27.0. The lowest BCUT2D eigenvalue weighted by atomic mass is 9.79. The van der Waals surface area contributed by atoms with Crippen molar-refractivity contribution in [1.29, 1.82) is 0 Å². The number of hydrogen-bond acceptors (Lipinski definition) is 5. The molecule has 1 fully saturated rings. The van der Waals surface area contributed by atoms with Gasteiger partial charge in [-0.3, -0.25) is 10.2 Å². The lowest BCUT2D eigenvalue weighted by Crippen LogP contribution is -2.61. The number of nitrogens with zero attached hydrogens (tertiary/aromatic N) is 1. The van der Waals surface area contributed by atoms with Crippen LogP contribution in [-0.2, 0) is 11.2 Å². The molecule has 0 spiro atoms. The van der Waals surface area contributed by atoms with Crippen LogP contribution in [0.15, 0.2) is 18.2 Å². The van der Waals surface area contributed by atoms with Crippen molar-refractivity contribution >= 4 is 5.91 Å². The highest BCUT2D eigenvalue weighted by atomic mass is 16.3. The summed E-state index contributed by atoms with van der Waals surface area (Å²) in [6, 6.07) is 1.85. The Hall–Kier alpha value is -1.99. The molecule has 0 unspecified atom stereocenters. The second-order valence-corrected chi connectivity index (χ2v) is 13.6. The van der Waals surface area contributed by atoms with E-state index in [0.29, 0.717) is 24.6 Å². The Morgan fingerprint density at radius 3 is 2.00 bits per heavy atom. The van der Waals surface area contributed by atoms with Crippen molar-refractivity contribution in [2.24, 2.45) is 0 Å². The van der Waals surface area contributed by atoms with Gasteiger partial charge in [-0.2, -0.15) is 4.68 Å². The molecule has 2 rings (SSSR count). The summed E-state index contributed by atoms with van der Waals surface area (Å²) in [6.07, 6.45) is 25.6. The zero-order valence-electron chi connectivity index (χ0n) is 27.0. The molecule has 0 atom stereocenters. The number of allylic oxidation sites excluding steroid dienone is 2. The van der Waals surface area contributed by atoms with E-state index in [-0.39, 0.29) is 35.2 Å². The predicted molar refractivity (Wildman–Crippen MR) is 172 cm³/mol. The molecule has 1 aliphatic heterocycles. The van der Waals surface area contributed by atoms with Gasteiger partial charge >= 0.3 is 0 Å². The molecular weight excluding hydrogens is 512 g/mol. The fourth-order valence-corrected chi connectivity index (χ4v) is 6.44. The molecule has 236 valence electrons. The summed E-state index contributed by atoms with van der Waals surface area (Å²) >= 11 is 0. The van der Waals surface area contributed by atoms with E-state index in [2.05, 4.69) is 56.8 Å². The van der Waals surface area contributed by atoms with Crippen LogP contribution in [0.3, 0.4) is 0 Å². The summed E-state index contributed by atoms with van der Waals surface area (Å²) in [4.78, 5) is 12.5. The van der Waals surface area contributed by atoms with Gasteiger partial charge in [-0.15, -0.1) is 0 Å². The summed E-state index contributed by atoms with van der Waals surface area (Å²) in [5, 5.41) is 28.0. The Labute approximate surface area is 250 Å². The molecule has 7 heteroatoms. The maximum atomic E-state index is 12.5. The number of aromatic nitrogens is 1. The van der Waals surface area contributed by atoms with Crippen LogP contribution in [0.5, 0.6) is 11.8 Å². The van der Waals surface area contributed by atoms with E-state index >= 15 is 0 Å². The van der Waals surface area contributed by atoms with Crippen LogP contribution in [-0.4, -0.2) is 44.5 Å². The van der Waals surface area contributed by atoms with E-state index in [1.165, 1.54) is 89.5 Å². The summed E-state index contributed by atoms with van der Waals surface area (Å²) in [5.74, 6) is -0.530. The number of carbonyl (C=O) groups is 1. The Morgan fingerprint density at radius 1 is 0.902 bits per heavy atom. The third kappa shape index (κ3) is 14.6. The fraction of sp³-hybridized carbons (Fsp3) is 0.794. The third-order valence-corrected chi connectivity index (χ3v) is 8.22. The van der Waals surface area contributed by atoms with Gasteiger partial charge in [0.1, 0.15) is 0 Å². The number of hydrogen-bond donors (Lipinski definition) is 5. The molecule has 5 N–H and O–H groups in total. The Bertz CT molecular complexity index is 890. The van der Waals surface area contributed by atoms with Crippen molar-refractivity contribution in [1.82, 2.24) is 15.3 Å². The minimum absolute atomic E-state index is 0.0433. The minimum Gasteiger partial charge on any atom is -0.493 e. The van der Waals surface area contributed by atoms with Gasteiger partial charge in [0, 0.05) is 41.7 Å². The maximum absolute atomic E-state index is 12.5. The summed E-state index contributed by atoms with van der Waals surface area (Å²) in [6.45, 7) is 11.6. The SMILES string of the molecule is CCCCCCCCCCCCCCCC=CCc1cc(O)n(NC(=O)CCNC2CC(C)(C)NC(C)(C)C2)c1O. The molecule has 0 saturated carbocycles. The Balaban J connectivity index is 1.57. The first-order valence-electron chi connectivity index (χ1n) is 16.6. The van der Waals surface area contributed by atoms with E-state index in [0.717, 1.165) is 23.9 Å². The number of piperidine rings is 1. The van der Waals surface area contributed by atoms with E-state index in [1.54, 1.807) is 0 Å². The maximum Gasteiger partial charge on any atom is 0.240 e. The zero-order chi connectivity index (χ0) is 30.1. The largest absolute Gasteiger partial charge is 0.493 e. The average Bonchev–Trinajstić information content (AvgIpc) is 3.14. The fourth-order valence-electron chi connectivity index (χ4n) is 6.44. The van der Waals surface area contributed by atoms with Gasteiger partial charge in [-0.05, 0) is 59.8 Å². The molecule has 0 aliphatic carbocycles.